The van der Waals surface area contributed by atoms with Gasteiger partial charge in [0.15, 0.2) is 6.61 Å². The number of hydrogen-bond acceptors (Lipinski definition) is 4. The Morgan fingerprint density at radius 3 is 2.24 bits per heavy atom. The summed E-state index contributed by atoms with van der Waals surface area (Å²) in [4.78, 5) is 35.8. The zero-order chi connectivity index (χ0) is 18.4. The molecule has 1 aliphatic carbocycles. The third-order valence-electron chi connectivity index (χ3n) is 4.41. The molecule has 0 saturated heterocycles. The van der Waals surface area contributed by atoms with Gasteiger partial charge in [0.2, 0.25) is 0 Å². The van der Waals surface area contributed by atoms with Crippen molar-refractivity contribution in [1.82, 2.24) is 10.6 Å². The minimum atomic E-state index is -0.635. The molecular formula is C19H26N2O4. The van der Waals surface area contributed by atoms with E-state index in [1.807, 2.05) is 32.9 Å². The van der Waals surface area contributed by atoms with Crippen molar-refractivity contribution in [3.8, 4) is 0 Å². The normalized spacial score (nSPS) is 14.7. The van der Waals surface area contributed by atoms with Crippen molar-refractivity contribution in [3.05, 3.63) is 34.4 Å². The third-order valence-corrected chi connectivity index (χ3v) is 4.41. The maximum absolute atomic E-state index is 12.2. The van der Waals surface area contributed by atoms with Crippen LogP contribution in [0.4, 0.5) is 4.79 Å². The highest BCUT2D eigenvalue weighted by molar-refractivity contribution is 5.98. The smallest absolute Gasteiger partial charge is 0.339 e. The molecule has 3 amide bonds. The van der Waals surface area contributed by atoms with E-state index in [0.717, 1.165) is 42.4 Å². The van der Waals surface area contributed by atoms with E-state index < -0.39 is 24.5 Å². The molecule has 136 valence electrons. The van der Waals surface area contributed by atoms with Crippen molar-refractivity contribution >= 4 is 17.9 Å². The van der Waals surface area contributed by atoms with Crippen LogP contribution >= 0.6 is 0 Å². The zero-order valence-electron chi connectivity index (χ0n) is 15.1. The molecule has 0 radical (unpaired) electrons. The molecule has 1 saturated carbocycles. The first-order chi connectivity index (χ1) is 11.9. The van der Waals surface area contributed by atoms with E-state index in [2.05, 4.69) is 10.6 Å². The Labute approximate surface area is 148 Å². The molecular weight excluding hydrogens is 320 g/mol. The summed E-state index contributed by atoms with van der Waals surface area (Å²) in [6.45, 7) is 5.12. The fourth-order valence-electron chi connectivity index (χ4n) is 3.34. The van der Waals surface area contributed by atoms with Gasteiger partial charge in [0, 0.05) is 6.04 Å². The molecule has 1 fully saturated rings. The average Bonchev–Trinajstić information content (AvgIpc) is 2.52. The second kappa shape index (κ2) is 8.65. The Morgan fingerprint density at radius 1 is 1.04 bits per heavy atom. The number of ether oxygens (including phenoxy) is 1. The first-order valence-corrected chi connectivity index (χ1v) is 8.72. The Hall–Kier alpha value is -2.37. The van der Waals surface area contributed by atoms with Gasteiger partial charge in [0.05, 0.1) is 5.56 Å². The van der Waals surface area contributed by atoms with Gasteiger partial charge in [-0.2, -0.15) is 0 Å². The van der Waals surface area contributed by atoms with Gasteiger partial charge in [0.25, 0.3) is 5.91 Å². The van der Waals surface area contributed by atoms with E-state index in [9.17, 15) is 14.4 Å². The van der Waals surface area contributed by atoms with Gasteiger partial charge < -0.3 is 10.1 Å². The Morgan fingerprint density at radius 2 is 1.64 bits per heavy atom. The van der Waals surface area contributed by atoms with Crippen molar-refractivity contribution < 1.29 is 19.1 Å². The van der Waals surface area contributed by atoms with Crippen LogP contribution in [0.25, 0.3) is 0 Å². The molecule has 2 rings (SSSR count). The van der Waals surface area contributed by atoms with Crippen molar-refractivity contribution in [1.29, 1.82) is 0 Å². The predicted octanol–water partition coefficient (Wildman–Crippen LogP) is 2.93. The third kappa shape index (κ3) is 5.59. The number of hydrogen-bond donors (Lipinski definition) is 2. The molecule has 6 nitrogen and oxygen atoms in total. The van der Waals surface area contributed by atoms with Crippen molar-refractivity contribution in [2.45, 2.75) is 58.9 Å². The number of nitrogens with one attached hydrogen (secondary N) is 2. The van der Waals surface area contributed by atoms with E-state index in [0.29, 0.717) is 5.56 Å². The van der Waals surface area contributed by atoms with Crippen LogP contribution in [0.1, 0.15) is 59.2 Å². The quantitative estimate of drug-likeness (QED) is 0.821. The number of carbonyl (C=O) groups excluding carboxylic acids is 3. The van der Waals surface area contributed by atoms with E-state index >= 15 is 0 Å². The molecule has 0 aliphatic heterocycles. The summed E-state index contributed by atoms with van der Waals surface area (Å²) in [5, 5.41) is 4.99. The highest BCUT2D eigenvalue weighted by Crippen LogP contribution is 2.18. The summed E-state index contributed by atoms with van der Waals surface area (Å²) >= 11 is 0. The first kappa shape index (κ1) is 19.0. The molecule has 2 N–H and O–H groups in total. The molecule has 1 aromatic rings. The number of benzene rings is 1. The predicted molar refractivity (Wildman–Crippen MR) is 94.5 cm³/mol. The summed E-state index contributed by atoms with van der Waals surface area (Å²) in [5.74, 6) is -1.19. The van der Waals surface area contributed by atoms with E-state index in [4.69, 9.17) is 4.74 Å². The molecule has 1 aromatic carbocycles. The van der Waals surface area contributed by atoms with Crippen molar-refractivity contribution in [2.24, 2.45) is 0 Å². The van der Waals surface area contributed by atoms with Crippen molar-refractivity contribution in [3.63, 3.8) is 0 Å². The average molecular weight is 346 g/mol. The molecule has 25 heavy (non-hydrogen) atoms. The summed E-state index contributed by atoms with van der Waals surface area (Å²) in [7, 11) is 0. The number of urea groups is 1. The van der Waals surface area contributed by atoms with Crippen LogP contribution in [0.3, 0.4) is 0 Å². The summed E-state index contributed by atoms with van der Waals surface area (Å²) in [5.41, 5.74) is 3.13. The zero-order valence-corrected chi connectivity index (χ0v) is 15.1. The SMILES string of the molecule is Cc1cc(C)c(C(=O)OCC(=O)NC(=O)NC2CCCCC2)c(C)c1. The fourth-order valence-corrected chi connectivity index (χ4v) is 3.34. The van der Waals surface area contributed by atoms with Crippen LogP contribution in [0.5, 0.6) is 0 Å². The van der Waals surface area contributed by atoms with Gasteiger partial charge in [-0.15, -0.1) is 0 Å². The standard InChI is InChI=1S/C19H26N2O4/c1-12-9-13(2)17(14(3)10-12)18(23)25-11-16(22)21-19(24)20-15-7-5-4-6-8-15/h9-10,15H,4-8,11H2,1-3H3,(H2,20,21,22,24). The Balaban J connectivity index is 1.81. The van der Waals surface area contributed by atoms with Gasteiger partial charge in [-0.25, -0.2) is 9.59 Å². The molecule has 0 bridgehead atoms. The monoisotopic (exact) mass is 346 g/mol. The van der Waals surface area contributed by atoms with Gasteiger partial charge >= 0.3 is 12.0 Å². The Bertz CT molecular complexity index is 640. The molecule has 0 aromatic heterocycles. The van der Waals surface area contributed by atoms with E-state index in [-0.39, 0.29) is 6.04 Å². The van der Waals surface area contributed by atoms with Crippen LogP contribution in [0.15, 0.2) is 12.1 Å². The van der Waals surface area contributed by atoms with Crippen LogP contribution in [-0.4, -0.2) is 30.6 Å². The molecule has 0 spiro atoms. The second-order valence-corrected chi connectivity index (χ2v) is 6.71. The fraction of sp³-hybridized carbons (Fsp3) is 0.526. The van der Waals surface area contributed by atoms with Crippen LogP contribution < -0.4 is 10.6 Å². The lowest BCUT2D eigenvalue weighted by Crippen LogP contribution is -2.46. The topological polar surface area (TPSA) is 84.5 Å². The second-order valence-electron chi connectivity index (χ2n) is 6.71. The number of aryl methyl sites for hydroxylation is 3. The minimum absolute atomic E-state index is 0.113. The van der Waals surface area contributed by atoms with E-state index in [1.165, 1.54) is 6.42 Å². The minimum Gasteiger partial charge on any atom is -0.452 e. The van der Waals surface area contributed by atoms with Crippen LogP contribution in [0, 0.1) is 20.8 Å². The van der Waals surface area contributed by atoms with Crippen LogP contribution in [0.2, 0.25) is 0 Å². The van der Waals surface area contributed by atoms with Crippen LogP contribution in [-0.2, 0) is 9.53 Å². The molecule has 0 heterocycles. The summed E-state index contributed by atoms with van der Waals surface area (Å²) in [6, 6.07) is 3.36. The lowest BCUT2D eigenvalue weighted by molar-refractivity contribution is -0.123. The molecule has 0 unspecified atom stereocenters. The summed E-state index contributed by atoms with van der Waals surface area (Å²) in [6.07, 6.45) is 5.23. The summed E-state index contributed by atoms with van der Waals surface area (Å²) < 4.78 is 5.05. The van der Waals surface area contributed by atoms with Gasteiger partial charge in [-0.3, -0.25) is 10.1 Å². The van der Waals surface area contributed by atoms with Gasteiger partial charge in [-0.1, -0.05) is 37.0 Å². The number of imide groups is 1. The van der Waals surface area contributed by atoms with Gasteiger partial charge in [-0.05, 0) is 44.7 Å². The van der Waals surface area contributed by atoms with Gasteiger partial charge in [0.1, 0.15) is 0 Å². The maximum atomic E-state index is 12.2. The van der Waals surface area contributed by atoms with E-state index in [1.54, 1.807) is 0 Å². The number of carbonyl (C=O) groups is 3. The highest BCUT2D eigenvalue weighted by Gasteiger charge is 2.19. The lowest BCUT2D eigenvalue weighted by atomic mass is 9.96. The van der Waals surface area contributed by atoms with Crippen molar-refractivity contribution in [2.75, 3.05) is 6.61 Å². The number of amides is 3. The number of esters is 1. The molecule has 6 heteroatoms. The highest BCUT2D eigenvalue weighted by atomic mass is 16.5. The largest absolute Gasteiger partial charge is 0.452 e. The Kier molecular flexibility index (Phi) is 6.56. The molecule has 1 aliphatic rings. The first-order valence-electron chi connectivity index (χ1n) is 8.72. The maximum Gasteiger partial charge on any atom is 0.339 e. The lowest BCUT2D eigenvalue weighted by Gasteiger charge is -2.22. The molecule has 0 atom stereocenters. The number of rotatable bonds is 4.